The van der Waals surface area contributed by atoms with Crippen LogP contribution in [-0.2, 0) is 9.59 Å². The van der Waals surface area contributed by atoms with Gasteiger partial charge in [-0.1, -0.05) is 12.1 Å². The Morgan fingerprint density at radius 3 is 2.92 bits per heavy atom. The van der Waals surface area contributed by atoms with Gasteiger partial charge in [0.25, 0.3) is 5.91 Å². The van der Waals surface area contributed by atoms with Crippen LogP contribution in [0.1, 0.15) is 19.4 Å². The van der Waals surface area contributed by atoms with Crippen LogP contribution in [0.25, 0.3) is 6.08 Å². The van der Waals surface area contributed by atoms with E-state index in [4.69, 9.17) is 9.47 Å². The molecule has 0 spiro atoms. The highest BCUT2D eigenvalue weighted by atomic mass is 16.5. The van der Waals surface area contributed by atoms with Crippen LogP contribution in [-0.4, -0.2) is 24.5 Å². The SMILES string of the molecule is CC(C)Oc1cccc(/C=C/C(=O)Nc2ccc3c(c2)OCC(=O)N3)c1. The van der Waals surface area contributed by atoms with Gasteiger partial charge < -0.3 is 20.1 Å². The molecule has 0 radical (unpaired) electrons. The minimum atomic E-state index is -0.264. The summed E-state index contributed by atoms with van der Waals surface area (Å²) in [4.78, 5) is 23.4. The first-order valence-corrected chi connectivity index (χ1v) is 8.32. The van der Waals surface area contributed by atoms with Crippen molar-refractivity contribution in [3.63, 3.8) is 0 Å². The molecule has 1 aliphatic heterocycles. The van der Waals surface area contributed by atoms with E-state index < -0.39 is 0 Å². The van der Waals surface area contributed by atoms with E-state index in [1.807, 2.05) is 38.1 Å². The summed E-state index contributed by atoms with van der Waals surface area (Å²) in [6.45, 7) is 3.90. The molecule has 2 amide bonds. The first-order chi connectivity index (χ1) is 12.5. The minimum Gasteiger partial charge on any atom is -0.491 e. The summed E-state index contributed by atoms with van der Waals surface area (Å²) in [5.41, 5.74) is 2.05. The van der Waals surface area contributed by atoms with Gasteiger partial charge in [-0.05, 0) is 49.8 Å². The number of fused-ring (bicyclic) bond motifs is 1. The van der Waals surface area contributed by atoms with Crippen molar-refractivity contribution in [3.05, 3.63) is 54.1 Å². The molecule has 1 aliphatic rings. The summed E-state index contributed by atoms with van der Waals surface area (Å²) in [6.07, 6.45) is 3.27. The summed E-state index contributed by atoms with van der Waals surface area (Å²) in [5, 5.41) is 5.47. The number of amides is 2. The Kier molecular flexibility index (Phi) is 5.22. The standard InChI is InChI=1S/C20H20N2O4/c1-13(2)26-16-5-3-4-14(10-16)6-9-19(23)21-15-7-8-17-18(11-15)25-12-20(24)22-17/h3-11,13H,12H2,1-2H3,(H,21,23)(H,22,24)/b9-6+. The van der Waals surface area contributed by atoms with E-state index in [-0.39, 0.29) is 24.5 Å². The summed E-state index contributed by atoms with van der Waals surface area (Å²) in [6, 6.07) is 12.6. The lowest BCUT2D eigenvalue weighted by atomic mass is 10.2. The molecule has 0 aromatic heterocycles. The molecule has 0 saturated carbocycles. The number of carbonyl (C=O) groups is 2. The highest BCUT2D eigenvalue weighted by Crippen LogP contribution is 2.30. The lowest BCUT2D eigenvalue weighted by Gasteiger charge is -2.18. The van der Waals surface area contributed by atoms with Crippen LogP contribution in [0.4, 0.5) is 11.4 Å². The molecule has 1 heterocycles. The van der Waals surface area contributed by atoms with Gasteiger partial charge in [-0.15, -0.1) is 0 Å². The number of hydrogen-bond acceptors (Lipinski definition) is 4. The molecular weight excluding hydrogens is 332 g/mol. The van der Waals surface area contributed by atoms with E-state index >= 15 is 0 Å². The molecule has 6 nitrogen and oxygen atoms in total. The fourth-order valence-corrected chi connectivity index (χ4v) is 2.47. The quantitative estimate of drug-likeness (QED) is 0.808. The molecule has 2 N–H and O–H groups in total. The third kappa shape index (κ3) is 4.63. The molecule has 3 rings (SSSR count). The molecule has 0 fully saturated rings. The van der Waals surface area contributed by atoms with E-state index in [0.717, 1.165) is 11.3 Å². The maximum absolute atomic E-state index is 12.1. The average molecular weight is 352 g/mol. The monoisotopic (exact) mass is 352 g/mol. The summed E-state index contributed by atoms with van der Waals surface area (Å²) < 4.78 is 11.0. The number of nitrogens with one attached hydrogen (secondary N) is 2. The second kappa shape index (κ2) is 7.74. The summed E-state index contributed by atoms with van der Waals surface area (Å²) in [5.74, 6) is 0.835. The van der Waals surface area contributed by atoms with Gasteiger partial charge in [0.05, 0.1) is 11.8 Å². The highest BCUT2D eigenvalue weighted by Gasteiger charge is 2.16. The van der Waals surface area contributed by atoms with Gasteiger partial charge in [0.15, 0.2) is 6.61 Å². The molecule has 0 saturated heterocycles. The average Bonchev–Trinajstić information content (AvgIpc) is 2.60. The van der Waals surface area contributed by atoms with Gasteiger partial charge in [-0.25, -0.2) is 0 Å². The van der Waals surface area contributed by atoms with Gasteiger partial charge in [0, 0.05) is 17.8 Å². The predicted molar refractivity (Wildman–Crippen MR) is 100 cm³/mol. The van der Waals surface area contributed by atoms with Gasteiger partial charge in [0.2, 0.25) is 5.91 Å². The van der Waals surface area contributed by atoms with E-state index in [2.05, 4.69) is 10.6 Å². The van der Waals surface area contributed by atoms with Crippen LogP contribution < -0.4 is 20.1 Å². The zero-order valence-electron chi connectivity index (χ0n) is 14.6. The van der Waals surface area contributed by atoms with Crippen LogP contribution >= 0.6 is 0 Å². The van der Waals surface area contributed by atoms with Gasteiger partial charge in [-0.2, -0.15) is 0 Å². The van der Waals surface area contributed by atoms with Crippen LogP contribution in [0.2, 0.25) is 0 Å². The number of ether oxygens (including phenoxy) is 2. The second-order valence-corrected chi connectivity index (χ2v) is 6.11. The lowest BCUT2D eigenvalue weighted by molar-refractivity contribution is -0.118. The third-order valence-electron chi connectivity index (χ3n) is 3.54. The van der Waals surface area contributed by atoms with Crippen molar-refractivity contribution in [1.82, 2.24) is 0 Å². The molecule has 0 bridgehead atoms. The fourth-order valence-electron chi connectivity index (χ4n) is 2.47. The molecule has 0 atom stereocenters. The normalized spacial score (nSPS) is 13.1. The van der Waals surface area contributed by atoms with Crippen molar-refractivity contribution in [2.45, 2.75) is 20.0 Å². The van der Waals surface area contributed by atoms with Crippen molar-refractivity contribution in [3.8, 4) is 11.5 Å². The van der Waals surface area contributed by atoms with Crippen molar-refractivity contribution in [2.24, 2.45) is 0 Å². The Balaban J connectivity index is 1.64. The summed E-state index contributed by atoms with van der Waals surface area (Å²) >= 11 is 0. The number of hydrogen-bond donors (Lipinski definition) is 2. The van der Waals surface area contributed by atoms with Gasteiger partial charge in [-0.3, -0.25) is 9.59 Å². The zero-order valence-corrected chi connectivity index (χ0v) is 14.6. The second-order valence-electron chi connectivity index (χ2n) is 6.11. The van der Waals surface area contributed by atoms with Gasteiger partial charge >= 0.3 is 0 Å². The Morgan fingerprint density at radius 1 is 1.27 bits per heavy atom. The van der Waals surface area contributed by atoms with E-state index in [0.29, 0.717) is 17.1 Å². The zero-order chi connectivity index (χ0) is 18.5. The van der Waals surface area contributed by atoms with Crippen molar-refractivity contribution in [1.29, 1.82) is 0 Å². The maximum Gasteiger partial charge on any atom is 0.262 e. The Hall–Kier alpha value is -3.28. The Labute approximate surface area is 151 Å². The largest absolute Gasteiger partial charge is 0.491 e. The molecule has 6 heteroatoms. The number of rotatable bonds is 5. The van der Waals surface area contributed by atoms with Crippen molar-refractivity contribution >= 4 is 29.3 Å². The first kappa shape index (κ1) is 17.5. The van der Waals surface area contributed by atoms with E-state index in [1.165, 1.54) is 6.08 Å². The number of benzene rings is 2. The first-order valence-electron chi connectivity index (χ1n) is 8.32. The van der Waals surface area contributed by atoms with E-state index in [1.54, 1.807) is 24.3 Å². The topological polar surface area (TPSA) is 76.7 Å². The molecule has 2 aromatic carbocycles. The molecule has 0 aliphatic carbocycles. The third-order valence-corrected chi connectivity index (χ3v) is 3.54. The predicted octanol–water partition coefficient (Wildman–Crippen LogP) is 3.46. The number of carbonyl (C=O) groups excluding carboxylic acids is 2. The summed E-state index contributed by atoms with van der Waals surface area (Å²) in [7, 11) is 0. The van der Waals surface area contributed by atoms with E-state index in [9.17, 15) is 9.59 Å². The van der Waals surface area contributed by atoms with Crippen LogP contribution in [0, 0.1) is 0 Å². The van der Waals surface area contributed by atoms with Crippen molar-refractivity contribution < 1.29 is 19.1 Å². The molecule has 134 valence electrons. The van der Waals surface area contributed by atoms with Crippen LogP contribution in [0.15, 0.2) is 48.5 Å². The van der Waals surface area contributed by atoms with Gasteiger partial charge in [0.1, 0.15) is 11.5 Å². The molecular formula is C20H20N2O4. The minimum absolute atomic E-state index is 0.0287. The fraction of sp³-hybridized carbons (Fsp3) is 0.200. The number of anilines is 2. The smallest absolute Gasteiger partial charge is 0.262 e. The molecule has 0 unspecified atom stereocenters. The van der Waals surface area contributed by atoms with Crippen LogP contribution in [0.5, 0.6) is 11.5 Å². The lowest BCUT2D eigenvalue weighted by Crippen LogP contribution is -2.25. The Bertz CT molecular complexity index is 859. The Morgan fingerprint density at radius 2 is 2.12 bits per heavy atom. The molecule has 2 aromatic rings. The molecule has 26 heavy (non-hydrogen) atoms. The van der Waals surface area contributed by atoms with Crippen molar-refractivity contribution in [2.75, 3.05) is 17.2 Å². The highest BCUT2D eigenvalue weighted by molar-refractivity contribution is 6.02. The van der Waals surface area contributed by atoms with Crippen LogP contribution in [0.3, 0.4) is 0 Å². The maximum atomic E-state index is 12.1.